The van der Waals surface area contributed by atoms with Crippen molar-refractivity contribution in [2.24, 2.45) is 5.10 Å². The second-order valence-corrected chi connectivity index (χ2v) is 12.1. The summed E-state index contributed by atoms with van der Waals surface area (Å²) in [5, 5.41) is 21.6. The first-order valence-corrected chi connectivity index (χ1v) is 16.4. The number of aromatic nitrogens is 2. The molecule has 2 aliphatic rings. The molecule has 0 bridgehead atoms. The van der Waals surface area contributed by atoms with Gasteiger partial charge in [-0.3, -0.25) is 4.79 Å². The first kappa shape index (κ1) is 31.0. The topological polar surface area (TPSA) is 91.0 Å². The van der Waals surface area contributed by atoms with E-state index in [2.05, 4.69) is 35.1 Å². The second kappa shape index (κ2) is 14.0. The summed E-state index contributed by atoms with van der Waals surface area (Å²) in [6, 6.07) is 25.1. The Bertz CT molecular complexity index is 1880. The van der Waals surface area contributed by atoms with Gasteiger partial charge in [0, 0.05) is 24.0 Å². The number of aliphatic carboxylic acids is 1. The number of carboxylic acid groups (broad SMARTS) is 1. The van der Waals surface area contributed by atoms with Gasteiger partial charge in [0.1, 0.15) is 0 Å². The Morgan fingerprint density at radius 3 is 2.33 bits per heavy atom. The zero-order valence-corrected chi connectivity index (χ0v) is 26.7. The first-order valence-electron chi connectivity index (χ1n) is 16.4. The summed E-state index contributed by atoms with van der Waals surface area (Å²) in [7, 11) is 0. The van der Waals surface area contributed by atoms with Gasteiger partial charge in [-0.15, -0.1) is 0 Å². The molecule has 3 heterocycles. The average Bonchev–Trinajstić information content (AvgIpc) is 3.58. The predicted octanol–water partition coefficient (Wildman–Crippen LogP) is 5.76. The van der Waals surface area contributed by atoms with Gasteiger partial charge >= 0.3 is 5.97 Å². The molecular weight excluding hydrogens is 574 g/mol. The van der Waals surface area contributed by atoms with Gasteiger partial charge in [0.2, 0.25) is 0 Å². The lowest BCUT2D eigenvalue weighted by Gasteiger charge is -2.31. The maximum absolute atomic E-state index is 14.0. The molecule has 3 aromatic carbocycles. The zero-order chi connectivity index (χ0) is 32.0. The van der Waals surface area contributed by atoms with E-state index in [1.807, 2.05) is 49.4 Å². The fraction of sp³-hybridized carbons (Fsp3) is 0.316. The summed E-state index contributed by atoms with van der Waals surface area (Å²) in [6.07, 6.45) is 11.8. The van der Waals surface area contributed by atoms with Crippen molar-refractivity contribution in [1.29, 1.82) is 0 Å². The number of carbonyl (C=O) groups excluding carboxylic acids is 1. The van der Waals surface area contributed by atoms with Gasteiger partial charge < -0.3 is 10.0 Å². The van der Waals surface area contributed by atoms with Crippen LogP contribution in [-0.4, -0.2) is 45.6 Å². The van der Waals surface area contributed by atoms with Crippen LogP contribution in [0.3, 0.4) is 0 Å². The Morgan fingerprint density at radius 2 is 1.61 bits per heavy atom. The van der Waals surface area contributed by atoms with Crippen LogP contribution in [0.5, 0.6) is 0 Å². The molecule has 0 saturated heterocycles. The molecule has 1 N–H and O–H groups in total. The molecule has 46 heavy (non-hydrogen) atoms. The molecule has 2 aliphatic heterocycles. The molecule has 0 unspecified atom stereocenters. The molecule has 0 radical (unpaired) electrons. The quantitative estimate of drug-likeness (QED) is 0.217. The number of benzene rings is 3. The van der Waals surface area contributed by atoms with Crippen LogP contribution in [0.1, 0.15) is 68.7 Å². The number of unbranched alkanes of at least 4 members (excludes halogenated alkanes) is 5. The SMILES string of the molecule is CCCCCCCCN1CCCc2cc(/C=c3/c(=C4\C(=O)N(c5ccccc5)N=C4C(=O)O)c(C)nn3-c3ccccc3)ccc21. The molecule has 0 spiro atoms. The second-order valence-electron chi connectivity index (χ2n) is 12.1. The van der Waals surface area contributed by atoms with Gasteiger partial charge in [-0.05, 0) is 79.8 Å². The third-order valence-corrected chi connectivity index (χ3v) is 8.80. The van der Waals surface area contributed by atoms with E-state index >= 15 is 0 Å². The maximum atomic E-state index is 14.0. The van der Waals surface area contributed by atoms with Crippen molar-refractivity contribution in [3.8, 4) is 5.69 Å². The van der Waals surface area contributed by atoms with Gasteiger partial charge in [-0.25, -0.2) is 9.48 Å². The zero-order valence-electron chi connectivity index (χ0n) is 26.7. The standard InChI is InChI=1S/C38H41N5O3/c1-3-4-5-6-7-14-23-41-24-15-16-29-25-28(21-22-32(29)41)26-33-34(27(2)39-42(33)30-17-10-8-11-18-30)35-36(38(45)46)40-43(37(35)44)31-19-12-9-13-20-31/h8-13,17-22,25-26H,3-7,14-16,23-24H2,1-2H3,(H,45,46)/b33-26-,35-34-. The van der Waals surface area contributed by atoms with E-state index < -0.39 is 11.9 Å². The van der Waals surface area contributed by atoms with Crippen LogP contribution >= 0.6 is 0 Å². The van der Waals surface area contributed by atoms with Crippen LogP contribution in [0.4, 0.5) is 11.4 Å². The Labute approximate surface area is 270 Å². The maximum Gasteiger partial charge on any atom is 0.357 e. The molecule has 236 valence electrons. The van der Waals surface area contributed by atoms with E-state index in [0.29, 0.717) is 21.9 Å². The molecule has 8 nitrogen and oxygen atoms in total. The fourth-order valence-corrected chi connectivity index (χ4v) is 6.53. The van der Waals surface area contributed by atoms with Crippen molar-refractivity contribution < 1.29 is 14.7 Å². The van der Waals surface area contributed by atoms with Crippen molar-refractivity contribution in [2.75, 3.05) is 23.0 Å². The monoisotopic (exact) mass is 615 g/mol. The highest BCUT2D eigenvalue weighted by Crippen LogP contribution is 2.29. The number of hydrazone groups is 1. The van der Waals surface area contributed by atoms with E-state index in [4.69, 9.17) is 5.10 Å². The number of carbonyl (C=O) groups is 2. The minimum Gasteiger partial charge on any atom is -0.476 e. The minimum absolute atomic E-state index is 0.0327. The van der Waals surface area contributed by atoms with Gasteiger partial charge in [-0.1, -0.05) is 81.5 Å². The van der Waals surface area contributed by atoms with Crippen molar-refractivity contribution in [1.82, 2.24) is 9.78 Å². The van der Waals surface area contributed by atoms with Gasteiger partial charge in [0.15, 0.2) is 5.71 Å². The highest BCUT2D eigenvalue weighted by molar-refractivity contribution is 6.65. The molecule has 1 amide bonds. The smallest absolute Gasteiger partial charge is 0.357 e. The Morgan fingerprint density at radius 1 is 0.913 bits per heavy atom. The number of hydrogen-bond acceptors (Lipinski definition) is 5. The number of anilines is 2. The van der Waals surface area contributed by atoms with Crippen LogP contribution in [-0.2, 0) is 16.0 Å². The highest BCUT2D eigenvalue weighted by Gasteiger charge is 2.37. The van der Waals surface area contributed by atoms with Crippen LogP contribution < -0.4 is 20.5 Å². The molecule has 0 aliphatic carbocycles. The van der Waals surface area contributed by atoms with E-state index in [1.54, 1.807) is 28.9 Å². The summed E-state index contributed by atoms with van der Waals surface area (Å²) < 4.78 is 1.79. The molecule has 6 rings (SSSR count). The largest absolute Gasteiger partial charge is 0.476 e. The lowest BCUT2D eigenvalue weighted by molar-refractivity contribution is -0.129. The van der Waals surface area contributed by atoms with E-state index in [-0.39, 0.29) is 11.3 Å². The number of hydrogen-bond donors (Lipinski definition) is 1. The summed E-state index contributed by atoms with van der Waals surface area (Å²) in [5.41, 5.74) is 5.17. The molecule has 0 saturated carbocycles. The Balaban J connectivity index is 1.45. The van der Waals surface area contributed by atoms with Crippen molar-refractivity contribution in [3.05, 3.63) is 106 Å². The number of fused-ring (bicyclic) bond motifs is 1. The van der Waals surface area contributed by atoms with Crippen LogP contribution in [0.2, 0.25) is 0 Å². The third-order valence-electron chi connectivity index (χ3n) is 8.80. The third kappa shape index (κ3) is 6.38. The molecule has 8 heteroatoms. The lowest BCUT2D eigenvalue weighted by Crippen LogP contribution is -2.37. The van der Waals surface area contributed by atoms with E-state index in [0.717, 1.165) is 37.2 Å². The average molecular weight is 616 g/mol. The fourth-order valence-electron chi connectivity index (χ4n) is 6.53. The number of carboxylic acids is 1. The summed E-state index contributed by atoms with van der Waals surface area (Å²) in [6.45, 7) is 6.21. The molecular formula is C38H41N5O3. The van der Waals surface area contributed by atoms with Gasteiger partial charge in [0.05, 0.1) is 28.0 Å². The van der Waals surface area contributed by atoms with E-state index in [1.165, 1.54) is 54.8 Å². The van der Waals surface area contributed by atoms with Crippen LogP contribution in [0, 0.1) is 6.92 Å². The molecule has 1 aromatic heterocycles. The summed E-state index contributed by atoms with van der Waals surface area (Å²) in [4.78, 5) is 29.0. The summed E-state index contributed by atoms with van der Waals surface area (Å²) >= 11 is 0. The number of para-hydroxylation sites is 2. The van der Waals surface area contributed by atoms with E-state index in [9.17, 15) is 14.7 Å². The normalized spacial score (nSPS) is 16.2. The molecule has 0 atom stereocenters. The minimum atomic E-state index is -1.26. The van der Waals surface area contributed by atoms with Crippen molar-refractivity contribution >= 4 is 40.6 Å². The van der Waals surface area contributed by atoms with Gasteiger partial charge in [0.25, 0.3) is 5.91 Å². The number of rotatable bonds is 11. The number of aryl methyl sites for hydroxylation is 2. The Kier molecular flexibility index (Phi) is 9.43. The van der Waals surface area contributed by atoms with Crippen molar-refractivity contribution in [3.63, 3.8) is 0 Å². The highest BCUT2D eigenvalue weighted by atomic mass is 16.4. The number of nitrogens with zero attached hydrogens (tertiary/aromatic N) is 5. The summed E-state index contributed by atoms with van der Waals surface area (Å²) in [5.74, 6) is -1.76. The van der Waals surface area contributed by atoms with Crippen molar-refractivity contribution in [2.45, 2.75) is 65.2 Å². The van der Waals surface area contributed by atoms with Crippen LogP contribution in [0.25, 0.3) is 17.3 Å². The first-order chi connectivity index (χ1) is 22.5. The molecule has 4 aromatic rings. The molecule has 0 fully saturated rings. The van der Waals surface area contributed by atoms with Gasteiger partial charge in [-0.2, -0.15) is 15.2 Å². The lowest BCUT2D eigenvalue weighted by atomic mass is 9.98. The predicted molar refractivity (Wildman–Crippen MR) is 184 cm³/mol. The Hall–Kier alpha value is -4.98. The number of amides is 1. The van der Waals surface area contributed by atoms with Crippen LogP contribution in [0.15, 0.2) is 84.0 Å².